The molecular formula is C12H9Cl2N3O3. The summed E-state index contributed by atoms with van der Waals surface area (Å²) in [6.07, 6.45) is 0. The van der Waals surface area contributed by atoms with E-state index in [1.54, 1.807) is 13.0 Å². The highest BCUT2D eigenvalue weighted by Gasteiger charge is 2.18. The summed E-state index contributed by atoms with van der Waals surface area (Å²) in [5.74, 6) is 0.310. The molecule has 1 aromatic carbocycles. The zero-order valence-corrected chi connectivity index (χ0v) is 11.9. The summed E-state index contributed by atoms with van der Waals surface area (Å²) in [5, 5.41) is 11.3. The van der Waals surface area contributed by atoms with Gasteiger partial charge in [0.2, 0.25) is 5.75 Å². The summed E-state index contributed by atoms with van der Waals surface area (Å²) in [7, 11) is 0. The third-order valence-electron chi connectivity index (χ3n) is 2.36. The summed E-state index contributed by atoms with van der Waals surface area (Å²) >= 11 is 11.7. The number of hydrogen-bond donors (Lipinski definition) is 0. The lowest BCUT2D eigenvalue weighted by atomic mass is 10.3. The van der Waals surface area contributed by atoms with E-state index in [1.807, 2.05) is 0 Å². The second kappa shape index (κ2) is 6.02. The molecule has 20 heavy (non-hydrogen) atoms. The van der Waals surface area contributed by atoms with E-state index in [2.05, 4.69) is 9.97 Å². The Morgan fingerprint density at radius 2 is 2.10 bits per heavy atom. The molecule has 2 rings (SSSR count). The second-order valence-electron chi connectivity index (χ2n) is 3.88. The third kappa shape index (κ3) is 3.34. The highest BCUT2D eigenvalue weighted by atomic mass is 35.5. The van der Waals surface area contributed by atoms with Crippen molar-refractivity contribution in [2.75, 3.05) is 0 Å². The van der Waals surface area contributed by atoms with E-state index in [-0.39, 0.29) is 28.2 Å². The first-order valence-electron chi connectivity index (χ1n) is 5.53. The maximum absolute atomic E-state index is 10.9. The number of para-hydroxylation sites is 1. The molecule has 0 aliphatic heterocycles. The van der Waals surface area contributed by atoms with Crippen LogP contribution >= 0.6 is 23.2 Å². The van der Waals surface area contributed by atoms with Crippen LogP contribution in [-0.2, 0) is 6.61 Å². The van der Waals surface area contributed by atoms with Gasteiger partial charge in [-0.25, -0.2) is 9.97 Å². The monoisotopic (exact) mass is 313 g/mol. The number of ether oxygens (including phenoxy) is 1. The average Bonchev–Trinajstić information content (AvgIpc) is 2.35. The number of rotatable bonds is 4. The molecule has 0 amide bonds. The van der Waals surface area contributed by atoms with Crippen LogP contribution in [0.4, 0.5) is 5.69 Å². The minimum Gasteiger partial charge on any atom is -0.478 e. The number of benzene rings is 1. The van der Waals surface area contributed by atoms with Gasteiger partial charge in [-0.05, 0) is 19.1 Å². The van der Waals surface area contributed by atoms with Crippen molar-refractivity contribution in [3.05, 3.63) is 56.1 Å². The molecule has 1 aromatic heterocycles. The Hall–Kier alpha value is -1.92. The van der Waals surface area contributed by atoms with Gasteiger partial charge in [0.05, 0.1) is 9.95 Å². The highest BCUT2D eigenvalue weighted by molar-refractivity contribution is 6.32. The van der Waals surface area contributed by atoms with Crippen LogP contribution in [0.15, 0.2) is 24.3 Å². The molecular weight excluding hydrogens is 305 g/mol. The average molecular weight is 314 g/mol. The number of aryl methyl sites for hydroxylation is 1. The Balaban J connectivity index is 2.25. The predicted molar refractivity (Wildman–Crippen MR) is 74.2 cm³/mol. The molecule has 0 bridgehead atoms. The molecule has 0 radical (unpaired) electrons. The van der Waals surface area contributed by atoms with Crippen LogP contribution in [0.25, 0.3) is 0 Å². The number of hydrogen-bond acceptors (Lipinski definition) is 5. The number of nitro groups is 1. The van der Waals surface area contributed by atoms with Crippen molar-refractivity contribution < 1.29 is 9.66 Å². The molecule has 0 spiro atoms. The molecule has 0 fully saturated rings. The van der Waals surface area contributed by atoms with Crippen LogP contribution in [0.3, 0.4) is 0 Å². The van der Waals surface area contributed by atoms with Gasteiger partial charge >= 0.3 is 5.69 Å². The lowest BCUT2D eigenvalue weighted by Gasteiger charge is -2.08. The lowest BCUT2D eigenvalue weighted by molar-refractivity contribution is -0.385. The summed E-state index contributed by atoms with van der Waals surface area (Å²) in [5.41, 5.74) is 0.466. The molecule has 0 unspecified atom stereocenters. The van der Waals surface area contributed by atoms with E-state index in [0.29, 0.717) is 11.5 Å². The molecule has 0 aliphatic rings. The van der Waals surface area contributed by atoms with E-state index in [9.17, 15) is 10.1 Å². The van der Waals surface area contributed by atoms with Gasteiger partial charge in [0.1, 0.15) is 11.8 Å². The van der Waals surface area contributed by atoms with Gasteiger partial charge in [-0.2, -0.15) is 0 Å². The minimum atomic E-state index is -0.564. The molecule has 0 N–H and O–H groups in total. The van der Waals surface area contributed by atoms with Crippen molar-refractivity contribution in [2.45, 2.75) is 13.5 Å². The van der Waals surface area contributed by atoms with Gasteiger partial charge in [0.25, 0.3) is 0 Å². The van der Waals surface area contributed by atoms with Crippen molar-refractivity contribution in [1.82, 2.24) is 9.97 Å². The zero-order chi connectivity index (χ0) is 14.7. The topological polar surface area (TPSA) is 78.2 Å². The fourth-order valence-corrected chi connectivity index (χ4v) is 2.05. The largest absolute Gasteiger partial charge is 0.478 e. The van der Waals surface area contributed by atoms with Crippen molar-refractivity contribution in [3.8, 4) is 5.75 Å². The van der Waals surface area contributed by atoms with Crippen LogP contribution in [0, 0.1) is 17.0 Å². The Morgan fingerprint density at radius 3 is 2.75 bits per heavy atom. The van der Waals surface area contributed by atoms with Gasteiger partial charge in [-0.3, -0.25) is 10.1 Å². The molecule has 2 aromatic rings. The smallest absolute Gasteiger partial charge is 0.312 e. The van der Waals surface area contributed by atoms with Crippen LogP contribution in [-0.4, -0.2) is 14.9 Å². The van der Waals surface area contributed by atoms with Crippen molar-refractivity contribution in [3.63, 3.8) is 0 Å². The minimum absolute atomic E-state index is 0.0135. The molecule has 0 saturated carbocycles. The van der Waals surface area contributed by atoms with Crippen LogP contribution in [0.1, 0.15) is 11.5 Å². The van der Waals surface area contributed by atoms with Crippen molar-refractivity contribution >= 4 is 28.9 Å². The van der Waals surface area contributed by atoms with Crippen LogP contribution in [0.2, 0.25) is 10.2 Å². The Morgan fingerprint density at radius 1 is 1.35 bits per heavy atom. The van der Waals surface area contributed by atoms with Gasteiger partial charge in [0.15, 0.2) is 5.82 Å². The Bertz CT molecular complexity index is 644. The van der Waals surface area contributed by atoms with E-state index >= 15 is 0 Å². The lowest BCUT2D eigenvalue weighted by Crippen LogP contribution is -2.04. The van der Waals surface area contributed by atoms with Crippen LogP contribution in [0.5, 0.6) is 5.75 Å². The van der Waals surface area contributed by atoms with E-state index < -0.39 is 4.92 Å². The highest BCUT2D eigenvalue weighted by Crippen LogP contribution is 2.34. The number of aromatic nitrogens is 2. The second-order valence-corrected chi connectivity index (χ2v) is 4.68. The molecule has 104 valence electrons. The number of halogens is 2. The van der Waals surface area contributed by atoms with Crippen LogP contribution < -0.4 is 4.74 Å². The summed E-state index contributed by atoms with van der Waals surface area (Å²) < 4.78 is 5.37. The zero-order valence-electron chi connectivity index (χ0n) is 10.3. The SMILES string of the molecule is Cc1cc(Cl)nc(COc2c(Cl)cccc2[N+](=O)[O-])n1. The van der Waals surface area contributed by atoms with Crippen molar-refractivity contribution in [1.29, 1.82) is 0 Å². The Kier molecular flexibility index (Phi) is 4.36. The number of nitrogens with zero attached hydrogens (tertiary/aromatic N) is 3. The van der Waals surface area contributed by atoms with E-state index in [4.69, 9.17) is 27.9 Å². The van der Waals surface area contributed by atoms with Gasteiger partial charge < -0.3 is 4.74 Å². The normalized spacial score (nSPS) is 10.3. The molecule has 1 heterocycles. The van der Waals surface area contributed by atoms with Gasteiger partial charge in [-0.1, -0.05) is 29.3 Å². The summed E-state index contributed by atoms with van der Waals surface area (Å²) in [6.45, 7) is 1.70. The van der Waals surface area contributed by atoms with E-state index in [0.717, 1.165) is 0 Å². The van der Waals surface area contributed by atoms with E-state index in [1.165, 1.54) is 18.2 Å². The molecule has 0 saturated heterocycles. The molecule has 8 heteroatoms. The third-order valence-corrected chi connectivity index (χ3v) is 2.85. The Labute approximate surface area is 124 Å². The van der Waals surface area contributed by atoms with Gasteiger partial charge in [-0.15, -0.1) is 0 Å². The first-order chi connectivity index (χ1) is 9.47. The maximum atomic E-state index is 10.9. The summed E-state index contributed by atoms with van der Waals surface area (Å²) in [4.78, 5) is 18.4. The molecule has 0 aliphatic carbocycles. The molecule has 6 nitrogen and oxygen atoms in total. The fraction of sp³-hybridized carbons (Fsp3) is 0.167. The standard InChI is InChI=1S/C12H9Cl2N3O3/c1-7-5-10(14)16-11(15-7)6-20-12-8(13)3-2-4-9(12)17(18)19/h2-5H,6H2,1H3. The van der Waals surface area contributed by atoms with Crippen molar-refractivity contribution in [2.24, 2.45) is 0 Å². The first-order valence-corrected chi connectivity index (χ1v) is 6.28. The maximum Gasteiger partial charge on any atom is 0.312 e. The quantitative estimate of drug-likeness (QED) is 0.489. The van der Waals surface area contributed by atoms with Gasteiger partial charge in [0, 0.05) is 11.8 Å². The predicted octanol–water partition coefficient (Wildman–Crippen LogP) is 3.58. The molecule has 0 atom stereocenters. The number of nitro benzene ring substituents is 1. The fourth-order valence-electron chi connectivity index (χ4n) is 1.57. The summed E-state index contributed by atoms with van der Waals surface area (Å²) in [6, 6.07) is 5.90. The first kappa shape index (κ1) is 14.5.